The van der Waals surface area contributed by atoms with E-state index in [2.05, 4.69) is 43.1 Å². The van der Waals surface area contributed by atoms with Crippen LogP contribution >= 0.6 is 0 Å². The number of benzene rings is 1. The fraction of sp³-hybridized carbons (Fsp3) is 0.571. The van der Waals surface area contributed by atoms with Gasteiger partial charge in [-0.25, -0.2) is 0 Å². The third-order valence-corrected chi connectivity index (χ3v) is 3.78. The number of rotatable bonds is 4. The predicted octanol–water partition coefficient (Wildman–Crippen LogP) is 3.09. The highest BCUT2D eigenvalue weighted by Gasteiger charge is 2.24. The monoisotopic (exact) mass is 218 g/mol. The van der Waals surface area contributed by atoms with Crippen LogP contribution < -0.4 is 10.6 Å². The van der Waals surface area contributed by atoms with E-state index in [0.717, 1.165) is 12.5 Å². The molecule has 0 heterocycles. The average Bonchev–Trinajstić information content (AvgIpc) is 2.25. The summed E-state index contributed by atoms with van der Waals surface area (Å²) in [6.07, 6.45) is 5.02. The lowest BCUT2D eigenvalue weighted by Crippen LogP contribution is -2.38. The maximum Gasteiger partial charge on any atom is 0.0414 e. The van der Waals surface area contributed by atoms with E-state index in [4.69, 9.17) is 5.73 Å². The number of nitrogens with zero attached hydrogens (tertiary/aromatic N) is 1. The van der Waals surface area contributed by atoms with Gasteiger partial charge in [0.15, 0.2) is 0 Å². The van der Waals surface area contributed by atoms with Gasteiger partial charge in [-0.15, -0.1) is 0 Å². The zero-order chi connectivity index (χ0) is 11.5. The van der Waals surface area contributed by atoms with Crippen LogP contribution in [0, 0.1) is 0 Å². The molecule has 16 heavy (non-hydrogen) atoms. The van der Waals surface area contributed by atoms with Crippen LogP contribution in [-0.4, -0.2) is 13.1 Å². The van der Waals surface area contributed by atoms with Crippen LogP contribution in [0.5, 0.6) is 0 Å². The number of nitrogens with two attached hydrogens (primary N) is 1. The highest BCUT2D eigenvalue weighted by Crippen LogP contribution is 2.32. The molecule has 0 bridgehead atoms. The van der Waals surface area contributed by atoms with E-state index in [9.17, 15) is 0 Å². The molecule has 1 aromatic carbocycles. The molecule has 1 saturated carbocycles. The van der Waals surface area contributed by atoms with Gasteiger partial charge in [-0.3, -0.25) is 0 Å². The topological polar surface area (TPSA) is 29.3 Å². The fourth-order valence-electron chi connectivity index (χ4n) is 2.31. The molecule has 1 aliphatic carbocycles. The predicted molar refractivity (Wildman–Crippen MR) is 69.7 cm³/mol. The van der Waals surface area contributed by atoms with Gasteiger partial charge in [-0.1, -0.05) is 25.1 Å². The van der Waals surface area contributed by atoms with Gasteiger partial charge in [0.25, 0.3) is 0 Å². The number of hydrogen-bond acceptors (Lipinski definition) is 2. The molecular formula is C14H22N2. The first-order valence-corrected chi connectivity index (χ1v) is 6.31. The van der Waals surface area contributed by atoms with E-state index in [1.165, 1.54) is 30.5 Å². The van der Waals surface area contributed by atoms with Crippen molar-refractivity contribution in [1.29, 1.82) is 0 Å². The van der Waals surface area contributed by atoms with Crippen LogP contribution in [-0.2, 0) is 0 Å². The zero-order valence-corrected chi connectivity index (χ0v) is 10.3. The number of para-hydroxylation sites is 1. The third kappa shape index (κ3) is 2.07. The van der Waals surface area contributed by atoms with Gasteiger partial charge < -0.3 is 10.6 Å². The SMILES string of the molecule is CC[C@H](N)c1ccccc1N(C)C1CCC1. The summed E-state index contributed by atoms with van der Waals surface area (Å²) >= 11 is 0. The molecule has 0 aliphatic heterocycles. The maximum absolute atomic E-state index is 6.17. The molecule has 0 unspecified atom stereocenters. The molecule has 0 saturated heterocycles. The van der Waals surface area contributed by atoms with Crippen LogP contribution in [0.4, 0.5) is 5.69 Å². The minimum Gasteiger partial charge on any atom is -0.371 e. The molecule has 2 rings (SSSR count). The Hall–Kier alpha value is -1.02. The lowest BCUT2D eigenvalue weighted by Gasteiger charge is -2.38. The molecule has 1 atom stereocenters. The summed E-state index contributed by atoms with van der Waals surface area (Å²) in [5.41, 5.74) is 8.78. The van der Waals surface area contributed by atoms with Crippen LogP contribution in [0.3, 0.4) is 0 Å². The van der Waals surface area contributed by atoms with Crippen molar-refractivity contribution in [2.75, 3.05) is 11.9 Å². The minimum absolute atomic E-state index is 0.165. The molecule has 1 aromatic rings. The summed E-state index contributed by atoms with van der Waals surface area (Å²) in [6.45, 7) is 2.14. The highest BCUT2D eigenvalue weighted by atomic mass is 15.1. The van der Waals surface area contributed by atoms with Crippen molar-refractivity contribution in [2.45, 2.75) is 44.7 Å². The summed E-state index contributed by atoms with van der Waals surface area (Å²) in [5, 5.41) is 0. The minimum atomic E-state index is 0.165. The second-order valence-electron chi connectivity index (χ2n) is 4.77. The zero-order valence-electron chi connectivity index (χ0n) is 10.3. The Morgan fingerprint density at radius 1 is 1.38 bits per heavy atom. The standard InChI is InChI=1S/C14H22N2/c1-3-13(15)12-9-4-5-10-14(12)16(2)11-7-6-8-11/h4-5,9-11,13H,3,6-8,15H2,1-2H3/t13-/m0/s1. The van der Waals surface area contributed by atoms with Crippen molar-refractivity contribution in [2.24, 2.45) is 5.73 Å². The van der Waals surface area contributed by atoms with E-state index in [1.54, 1.807) is 0 Å². The van der Waals surface area contributed by atoms with E-state index >= 15 is 0 Å². The molecule has 0 radical (unpaired) electrons. The van der Waals surface area contributed by atoms with Crippen molar-refractivity contribution in [1.82, 2.24) is 0 Å². The van der Waals surface area contributed by atoms with Crippen molar-refractivity contribution in [3.05, 3.63) is 29.8 Å². The van der Waals surface area contributed by atoms with Crippen molar-refractivity contribution in [3.8, 4) is 0 Å². The lowest BCUT2D eigenvalue weighted by molar-refractivity contribution is 0.400. The Kier molecular flexibility index (Phi) is 3.49. The second-order valence-corrected chi connectivity index (χ2v) is 4.77. The molecule has 1 aliphatic rings. The smallest absolute Gasteiger partial charge is 0.0414 e. The van der Waals surface area contributed by atoms with Crippen LogP contribution in [0.1, 0.15) is 44.2 Å². The summed E-state index contributed by atoms with van der Waals surface area (Å²) in [6, 6.07) is 9.45. The van der Waals surface area contributed by atoms with Crippen molar-refractivity contribution in [3.63, 3.8) is 0 Å². The molecule has 2 N–H and O–H groups in total. The molecule has 0 spiro atoms. The quantitative estimate of drug-likeness (QED) is 0.841. The summed E-state index contributed by atoms with van der Waals surface area (Å²) < 4.78 is 0. The Labute approximate surface area is 98.4 Å². The molecule has 2 heteroatoms. The van der Waals surface area contributed by atoms with Crippen LogP contribution in [0.25, 0.3) is 0 Å². The first-order valence-electron chi connectivity index (χ1n) is 6.31. The van der Waals surface area contributed by atoms with Gasteiger partial charge >= 0.3 is 0 Å². The molecule has 1 fully saturated rings. The van der Waals surface area contributed by atoms with Crippen molar-refractivity contribution < 1.29 is 0 Å². The van der Waals surface area contributed by atoms with Crippen LogP contribution in [0.15, 0.2) is 24.3 Å². The lowest BCUT2D eigenvalue weighted by atomic mass is 9.90. The summed E-state index contributed by atoms with van der Waals surface area (Å²) in [7, 11) is 2.20. The van der Waals surface area contributed by atoms with Crippen molar-refractivity contribution >= 4 is 5.69 Å². The normalized spacial score (nSPS) is 17.9. The Morgan fingerprint density at radius 3 is 2.62 bits per heavy atom. The summed E-state index contributed by atoms with van der Waals surface area (Å²) in [4.78, 5) is 2.41. The first-order chi connectivity index (χ1) is 7.74. The number of anilines is 1. The average molecular weight is 218 g/mol. The molecular weight excluding hydrogens is 196 g/mol. The maximum atomic E-state index is 6.17. The molecule has 0 amide bonds. The first kappa shape index (κ1) is 11.5. The van der Waals surface area contributed by atoms with Gasteiger partial charge in [0, 0.05) is 24.8 Å². The highest BCUT2D eigenvalue weighted by molar-refractivity contribution is 5.55. The Morgan fingerprint density at radius 2 is 2.06 bits per heavy atom. The Balaban J connectivity index is 2.24. The molecule has 2 nitrogen and oxygen atoms in total. The second kappa shape index (κ2) is 4.88. The fourth-order valence-corrected chi connectivity index (χ4v) is 2.31. The van der Waals surface area contributed by atoms with E-state index in [1.807, 2.05) is 0 Å². The molecule has 0 aromatic heterocycles. The van der Waals surface area contributed by atoms with Gasteiger partial charge in [0.1, 0.15) is 0 Å². The van der Waals surface area contributed by atoms with E-state index in [-0.39, 0.29) is 6.04 Å². The van der Waals surface area contributed by atoms with Gasteiger partial charge in [0.2, 0.25) is 0 Å². The van der Waals surface area contributed by atoms with E-state index < -0.39 is 0 Å². The number of hydrogen-bond donors (Lipinski definition) is 1. The summed E-state index contributed by atoms with van der Waals surface area (Å²) in [5.74, 6) is 0. The van der Waals surface area contributed by atoms with Crippen LogP contribution in [0.2, 0.25) is 0 Å². The van der Waals surface area contributed by atoms with E-state index in [0.29, 0.717) is 0 Å². The Bertz CT molecular complexity index is 344. The molecule has 88 valence electrons. The van der Waals surface area contributed by atoms with Gasteiger partial charge in [-0.2, -0.15) is 0 Å². The van der Waals surface area contributed by atoms with Gasteiger partial charge in [-0.05, 0) is 37.3 Å². The largest absolute Gasteiger partial charge is 0.371 e. The van der Waals surface area contributed by atoms with Gasteiger partial charge in [0.05, 0.1) is 0 Å². The third-order valence-electron chi connectivity index (χ3n) is 3.78.